The smallest absolute Gasteiger partial charge is 0.252 e. The Balaban J connectivity index is 0.922. The average Bonchev–Trinajstić information content (AvgIpc) is 1.19. The number of rotatable bonds is 11. The van der Waals surface area contributed by atoms with Crippen molar-refractivity contribution in [2.45, 2.75) is 78.6 Å². The molecule has 0 amide bonds. The minimum atomic E-state index is -0.561. The van der Waals surface area contributed by atoms with Gasteiger partial charge in [0.2, 0.25) is 0 Å². The number of hydrogen-bond donors (Lipinski definition) is 0. The molecule has 17 aromatic carbocycles. The molecule has 0 saturated carbocycles. The van der Waals surface area contributed by atoms with Crippen LogP contribution in [0.5, 0.6) is 0 Å². The molecular weight excluding hydrogens is 1440 g/mol. The largest absolute Gasteiger partial charge is 0.310 e. The van der Waals surface area contributed by atoms with Crippen LogP contribution in [0.2, 0.25) is 0 Å². The molecule has 0 bridgehead atoms. The normalized spacial score (nSPS) is 13.8. The summed E-state index contributed by atoms with van der Waals surface area (Å²) >= 11 is 0. The minimum absolute atomic E-state index is 0.0000605. The van der Waals surface area contributed by atoms with E-state index in [1.807, 2.05) is 6.07 Å². The number of para-hydroxylation sites is 4. The molecular formula is C114H89BN4. The highest BCUT2D eigenvalue weighted by Crippen LogP contribution is 2.57. The molecule has 20 aromatic rings. The van der Waals surface area contributed by atoms with Gasteiger partial charge in [0, 0.05) is 83.0 Å². The molecule has 5 heterocycles. The summed E-state index contributed by atoms with van der Waals surface area (Å²) in [6.45, 7) is 19.7. The number of anilines is 6. The van der Waals surface area contributed by atoms with Crippen molar-refractivity contribution in [2.24, 2.45) is 0 Å². The Kier molecular flexibility index (Phi) is 14.5. The molecule has 2 aliphatic rings. The molecule has 3 aromatic heterocycles. The summed E-state index contributed by atoms with van der Waals surface area (Å²) in [6, 6.07) is 117. The summed E-state index contributed by atoms with van der Waals surface area (Å²) < 4.78 is 81.0. The van der Waals surface area contributed by atoms with E-state index >= 15 is 0 Å². The van der Waals surface area contributed by atoms with Gasteiger partial charge in [0.15, 0.2) is 0 Å². The highest BCUT2D eigenvalue weighted by Gasteiger charge is 2.46. The summed E-state index contributed by atoms with van der Waals surface area (Å²) in [5.74, 6) is 0. The van der Waals surface area contributed by atoms with Crippen molar-refractivity contribution in [1.29, 1.82) is 0 Å². The highest BCUT2D eigenvalue weighted by atomic mass is 15.2. The lowest BCUT2D eigenvalue weighted by Gasteiger charge is -2.46. The molecule has 5 heteroatoms. The van der Waals surface area contributed by atoms with Crippen molar-refractivity contribution in [3.8, 4) is 94.7 Å². The van der Waals surface area contributed by atoms with Crippen LogP contribution in [0.1, 0.15) is 90.0 Å². The highest BCUT2D eigenvalue weighted by molar-refractivity contribution is 7.00. The topological polar surface area (TPSA) is 15.8 Å². The quantitative estimate of drug-likeness (QED) is 0.120. The number of hydrogen-bond acceptors (Lipinski definition) is 2. The Hall–Kier alpha value is -14.0. The monoisotopic (exact) mass is 1530 g/mol. The van der Waals surface area contributed by atoms with Crippen LogP contribution in [-0.2, 0) is 16.2 Å². The van der Waals surface area contributed by atoms with Gasteiger partial charge in [0.25, 0.3) is 6.71 Å². The molecule has 4 nitrogen and oxygen atoms in total. The molecule has 0 N–H and O–H groups in total. The molecule has 0 spiro atoms. The second-order valence-electron chi connectivity index (χ2n) is 35.4. The van der Waals surface area contributed by atoms with Gasteiger partial charge in [0.1, 0.15) is 0 Å². The van der Waals surface area contributed by atoms with Crippen molar-refractivity contribution < 1.29 is 11.0 Å². The first kappa shape index (κ1) is 63.3. The molecule has 0 atom stereocenters. The number of fused-ring (bicyclic) bond motifs is 13. The van der Waals surface area contributed by atoms with Crippen molar-refractivity contribution >= 4 is 117 Å². The van der Waals surface area contributed by atoms with Gasteiger partial charge in [-0.25, -0.2) is 0 Å². The Morgan fingerprint density at radius 2 is 0.605 bits per heavy atom. The van der Waals surface area contributed by atoms with E-state index in [0.29, 0.717) is 5.69 Å². The van der Waals surface area contributed by atoms with Crippen molar-refractivity contribution in [3.63, 3.8) is 0 Å². The molecule has 0 radical (unpaired) electrons. The van der Waals surface area contributed by atoms with Crippen LogP contribution in [0.4, 0.5) is 34.1 Å². The average molecular weight is 1530 g/mol. The van der Waals surface area contributed by atoms with Crippen molar-refractivity contribution in [2.75, 3.05) is 9.80 Å². The van der Waals surface area contributed by atoms with Crippen LogP contribution in [0.3, 0.4) is 0 Å². The van der Waals surface area contributed by atoms with E-state index < -0.39 is 43.0 Å². The fraction of sp³-hybridized carbons (Fsp3) is 0.105. The van der Waals surface area contributed by atoms with Gasteiger partial charge in [-0.3, -0.25) is 0 Å². The first-order valence-electron chi connectivity index (χ1n) is 45.4. The predicted octanol–water partition coefficient (Wildman–Crippen LogP) is 29.2. The Labute approximate surface area is 708 Å². The standard InChI is InChI=1S/C114H89BN4/c1-112(2,3)84-53-45-72(46-54-84)81-64-93(75-29-14-10-15-30-75)110(94(65-81)76-31-16-11-17-32-76)118-104-68-80(79-52-62-103-97(63-79)92-41-28-40-91-90-39-24-27-44-102(90)117(103)109(91)92)51-60-98(104)115-99-61-59-87(116-100-42-25-22-37-88(100)89-38-23-26-43-101(89)116)71-105(99)119(107-70-83(69-106(118)108(107)115)74-49-57-86(58-50-74)114(7,8)9)111-95(77-33-18-12-19-34-77)66-82(67-96(111)78-35-20-13-21-36-78)73-47-55-85(56-48-73)113(4,5)6/h10-71H,1-9H3/i22D,23D,25D,26D,37D,38D,42D,43D. The summed E-state index contributed by atoms with van der Waals surface area (Å²) in [5.41, 5.74) is 31.6. The third kappa shape index (κ3) is 11.7. The van der Waals surface area contributed by atoms with E-state index in [9.17, 15) is 11.0 Å². The maximum Gasteiger partial charge on any atom is 0.252 e. The van der Waals surface area contributed by atoms with Crippen molar-refractivity contribution in [1.82, 2.24) is 8.97 Å². The fourth-order valence-electron chi connectivity index (χ4n) is 19.2. The fourth-order valence-corrected chi connectivity index (χ4v) is 19.2. The van der Waals surface area contributed by atoms with E-state index in [0.717, 1.165) is 150 Å². The zero-order chi connectivity index (χ0) is 87.3. The molecule has 0 aliphatic carbocycles. The SMILES string of the molecule is [2H]c1c([2H])c([2H])c2c(c1[2H])c1c([2H])c([2H])c([2H])c([2H])c1n2-c1ccc2c(c1)N(c1c(-c3ccccc3)cc(-c3ccc(C(C)(C)C)cc3)cc1-c1ccccc1)c1cc(-c3ccc(C(C)(C)C)cc3)cc3c1B2c1ccc(-c2ccc4c(c2)c2cccc5c6ccccc6n4c52)cc1N3c1c(-c2ccccc2)cc(-c2ccc(C(C)(C)C)cc2)cc1-c1ccccc1. The number of aromatic nitrogens is 2. The lowest BCUT2D eigenvalue weighted by atomic mass is 9.33. The van der Waals surface area contributed by atoms with Gasteiger partial charge in [-0.15, -0.1) is 0 Å². The molecule has 119 heavy (non-hydrogen) atoms. The Morgan fingerprint density at radius 3 is 1.06 bits per heavy atom. The van der Waals surface area contributed by atoms with E-state index in [1.54, 1.807) is 4.57 Å². The zero-order valence-electron chi connectivity index (χ0n) is 76.0. The maximum atomic E-state index is 10.0. The summed E-state index contributed by atoms with van der Waals surface area (Å²) in [5, 5.41) is 4.78. The van der Waals surface area contributed by atoms with Crippen molar-refractivity contribution in [3.05, 3.63) is 393 Å². The summed E-state index contributed by atoms with van der Waals surface area (Å²) in [6.07, 6.45) is 0. The van der Waals surface area contributed by atoms with E-state index in [4.69, 9.17) is 0 Å². The Morgan fingerprint density at radius 1 is 0.252 bits per heavy atom. The first-order valence-corrected chi connectivity index (χ1v) is 41.4. The van der Waals surface area contributed by atoms with E-state index in [2.05, 4.69) is 398 Å². The maximum absolute atomic E-state index is 10.0. The van der Waals surface area contributed by atoms with Gasteiger partial charge in [-0.2, -0.15) is 0 Å². The second-order valence-corrected chi connectivity index (χ2v) is 35.4. The summed E-state index contributed by atoms with van der Waals surface area (Å²) in [4.78, 5) is 5.08. The summed E-state index contributed by atoms with van der Waals surface area (Å²) in [7, 11) is 0. The van der Waals surface area contributed by atoms with Gasteiger partial charge >= 0.3 is 0 Å². The van der Waals surface area contributed by atoms with Crippen LogP contribution in [-0.4, -0.2) is 15.7 Å². The molecule has 0 saturated heterocycles. The number of nitrogens with zero attached hydrogens (tertiary/aromatic N) is 4. The second kappa shape index (κ2) is 27.3. The zero-order valence-corrected chi connectivity index (χ0v) is 68.0. The van der Waals surface area contributed by atoms with Crippen LogP contribution < -0.4 is 26.2 Å². The lowest BCUT2D eigenvalue weighted by molar-refractivity contribution is 0.590. The van der Waals surface area contributed by atoms with Crippen LogP contribution in [0.25, 0.3) is 155 Å². The predicted molar refractivity (Wildman–Crippen MR) is 509 cm³/mol. The van der Waals surface area contributed by atoms with Gasteiger partial charge in [-0.1, -0.05) is 353 Å². The molecule has 0 unspecified atom stereocenters. The van der Waals surface area contributed by atoms with Gasteiger partial charge < -0.3 is 18.8 Å². The molecule has 568 valence electrons. The third-order valence-electron chi connectivity index (χ3n) is 25.2. The van der Waals surface area contributed by atoms with Crippen LogP contribution in [0, 0.1) is 0 Å². The number of benzene rings is 17. The van der Waals surface area contributed by atoms with Crippen LogP contribution >= 0.6 is 0 Å². The van der Waals surface area contributed by atoms with Crippen LogP contribution in [0.15, 0.2) is 376 Å². The Bertz CT molecular complexity index is 7740. The molecule has 2 aliphatic heterocycles. The minimum Gasteiger partial charge on any atom is -0.310 e. The van der Waals surface area contributed by atoms with Gasteiger partial charge in [-0.05, 0) is 201 Å². The first-order chi connectivity index (χ1) is 61.2. The molecule has 0 fully saturated rings. The van der Waals surface area contributed by atoms with E-state index in [1.165, 1.54) is 43.9 Å². The lowest BCUT2D eigenvalue weighted by Crippen LogP contribution is -2.61. The third-order valence-corrected chi connectivity index (χ3v) is 25.2. The van der Waals surface area contributed by atoms with Gasteiger partial charge in [0.05, 0.1) is 49.9 Å². The molecule has 22 rings (SSSR count). The van der Waals surface area contributed by atoms with E-state index in [-0.39, 0.29) is 50.1 Å².